The average Bonchev–Trinajstić information content (AvgIpc) is 3.26. The number of rotatable bonds is 9. The Morgan fingerprint density at radius 2 is 1.77 bits per heavy atom. The highest BCUT2D eigenvalue weighted by molar-refractivity contribution is 5.97. The largest absolute Gasteiger partial charge is 0.497 e. The van der Waals surface area contributed by atoms with Crippen LogP contribution in [0.25, 0.3) is 16.6 Å². The zero-order valence-electron chi connectivity index (χ0n) is 22.3. The summed E-state index contributed by atoms with van der Waals surface area (Å²) in [6.45, 7) is 12.3. The first-order valence-electron chi connectivity index (χ1n) is 12.3. The summed E-state index contributed by atoms with van der Waals surface area (Å²) >= 11 is 0. The molecule has 4 rings (SSSR count). The number of carbonyl (C=O) groups is 1. The summed E-state index contributed by atoms with van der Waals surface area (Å²) in [6, 6.07) is 21.6. The highest BCUT2D eigenvalue weighted by atomic mass is 16.5. The molecular formula is C32H31N3O4. The van der Waals surface area contributed by atoms with Gasteiger partial charge in [-0.15, -0.1) is 0 Å². The second kappa shape index (κ2) is 13.5. The molecule has 1 amide bonds. The minimum Gasteiger partial charge on any atom is -0.497 e. The van der Waals surface area contributed by atoms with Crippen LogP contribution in [0.1, 0.15) is 45.8 Å². The van der Waals surface area contributed by atoms with Gasteiger partial charge in [-0.3, -0.25) is 4.79 Å². The molecule has 0 aliphatic heterocycles. The topological polar surface area (TPSA) is 90.3 Å². The fourth-order valence-corrected chi connectivity index (χ4v) is 4.26. The Hall–Kier alpha value is -5.00. The van der Waals surface area contributed by atoms with Crippen molar-refractivity contribution in [3.05, 3.63) is 126 Å². The number of nitrogens with zero attached hydrogens (tertiary/aromatic N) is 2. The average molecular weight is 522 g/mol. The van der Waals surface area contributed by atoms with E-state index >= 15 is 0 Å². The first-order valence-corrected chi connectivity index (χ1v) is 12.3. The maximum absolute atomic E-state index is 13.0. The summed E-state index contributed by atoms with van der Waals surface area (Å²) in [5.74, 6) is 1.52. The quantitative estimate of drug-likeness (QED) is 0.270. The molecule has 0 radical (unpaired) electrons. The third kappa shape index (κ3) is 7.06. The van der Waals surface area contributed by atoms with E-state index in [1.165, 1.54) is 0 Å². The Labute approximate surface area is 228 Å². The summed E-state index contributed by atoms with van der Waals surface area (Å²) in [4.78, 5) is 34.0. The van der Waals surface area contributed by atoms with Crippen LogP contribution in [0, 0.1) is 6.92 Å². The molecule has 1 N–H and O–H groups in total. The van der Waals surface area contributed by atoms with Gasteiger partial charge in [0.2, 0.25) is 0 Å². The van der Waals surface area contributed by atoms with Crippen molar-refractivity contribution < 1.29 is 19.1 Å². The molecule has 198 valence electrons. The SMILES string of the molecule is C=C/C=C(\C=C)c1ccc(Cn2c(C)nc3cc(C(=O)N[C@@H](C)c4cccc(OC)c4)ccc32)cc1.O=C=O. The minimum atomic E-state index is -0.159. The van der Waals surface area contributed by atoms with Crippen LogP contribution in [0.15, 0.2) is 98.1 Å². The number of carbonyl (C=O) groups excluding carboxylic acids is 3. The smallest absolute Gasteiger partial charge is 0.373 e. The van der Waals surface area contributed by atoms with Crippen molar-refractivity contribution in [3.63, 3.8) is 0 Å². The number of ether oxygens (including phenoxy) is 1. The van der Waals surface area contributed by atoms with E-state index in [1.807, 2.05) is 68.5 Å². The highest BCUT2D eigenvalue weighted by Gasteiger charge is 2.15. The van der Waals surface area contributed by atoms with Crippen molar-refractivity contribution in [3.8, 4) is 5.75 Å². The number of aromatic nitrogens is 2. The van der Waals surface area contributed by atoms with Gasteiger partial charge in [-0.25, -0.2) is 4.98 Å². The second-order valence-corrected chi connectivity index (χ2v) is 8.76. The number of fused-ring (bicyclic) bond motifs is 1. The van der Waals surface area contributed by atoms with Crippen molar-refractivity contribution in [1.29, 1.82) is 0 Å². The molecule has 4 aromatic rings. The molecule has 39 heavy (non-hydrogen) atoms. The Balaban J connectivity index is 0.00000134. The number of benzene rings is 3. The Morgan fingerprint density at radius 3 is 2.41 bits per heavy atom. The Bertz CT molecular complexity index is 1540. The van der Waals surface area contributed by atoms with E-state index in [4.69, 9.17) is 19.3 Å². The third-order valence-corrected chi connectivity index (χ3v) is 6.29. The predicted octanol–water partition coefficient (Wildman–Crippen LogP) is 6.06. The molecular weight excluding hydrogens is 490 g/mol. The lowest BCUT2D eigenvalue weighted by atomic mass is 10.0. The van der Waals surface area contributed by atoms with Gasteiger partial charge in [-0.05, 0) is 66.4 Å². The number of aryl methyl sites for hydroxylation is 1. The van der Waals surface area contributed by atoms with Crippen molar-refractivity contribution in [1.82, 2.24) is 14.9 Å². The van der Waals surface area contributed by atoms with Gasteiger partial charge in [0, 0.05) is 12.1 Å². The van der Waals surface area contributed by atoms with Crippen LogP contribution in [0.5, 0.6) is 5.75 Å². The summed E-state index contributed by atoms with van der Waals surface area (Å²) < 4.78 is 7.46. The molecule has 0 aliphatic rings. The predicted molar refractivity (Wildman–Crippen MR) is 152 cm³/mol. The van der Waals surface area contributed by atoms with E-state index in [0.29, 0.717) is 12.1 Å². The maximum atomic E-state index is 13.0. The van der Waals surface area contributed by atoms with Gasteiger partial charge in [0.25, 0.3) is 5.91 Å². The second-order valence-electron chi connectivity index (χ2n) is 8.76. The molecule has 0 bridgehead atoms. The first kappa shape index (κ1) is 28.6. The summed E-state index contributed by atoms with van der Waals surface area (Å²) in [5.41, 5.74) is 6.65. The molecule has 0 aliphatic carbocycles. The lowest BCUT2D eigenvalue weighted by Gasteiger charge is -2.15. The first-order chi connectivity index (χ1) is 18.8. The fourth-order valence-electron chi connectivity index (χ4n) is 4.26. The van der Waals surface area contributed by atoms with Gasteiger partial charge in [-0.2, -0.15) is 9.59 Å². The Kier molecular flexibility index (Phi) is 9.90. The van der Waals surface area contributed by atoms with Gasteiger partial charge in [0.05, 0.1) is 24.2 Å². The number of imidazole rings is 1. The summed E-state index contributed by atoms with van der Waals surface area (Å²) in [7, 11) is 1.63. The molecule has 0 fully saturated rings. The fraction of sp³-hybridized carbons (Fsp3) is 0.156. The molecule has 0 saturated heterocycles. The van der Waals surface area contributed by atoms with Crippen molar-refractivity contribution in [2.75, 3.05) is 7.11 Å². The van der Waals surface area contributed by atoms with Gasteiger partial charge < -0.3 is 14.6 Å². The number of allylic oxidation sites excluding steroid dienone is 4. The van der Waals surface area contributed by atoms with Crippen LogP contribution >= 0.6 is 0 Å². The van der Waals surface area contributed by atoms with Crippen molar-refractivity contribution in [2.24, 2.45) is 0 Å². The molecule has 7 nitrogen and oxygen atoms in total. The standard InChI is InChI=1S/C31H31N3O2.CO2/c1-6-9-24(7-2)25-14-12-23(13-15-25)20-34-22(4)33-29-19-27(16-17-30(29)34)31(35)32-21(3)26-10-8-11-28(18-26)36-5;2-1-3/h6-19,21H,1-2,20H2,3-5H3,(H,32,35);/b24-9+;/t21-;/m0./s1. The molecule has 0 unspecified atom stereocenters. The van der Waals surface area contributed by atoms with Crippen molar-refractivity contribution in [2.45, 2.75) is 26.4 Å². The molecule has 0 saturated carbocycles. The molecule has 7 heteroatoms. The number of nitrogens with one attached hydrogen (secondary N) is 1. The molecule has 0 spiro atoms. The Morgan fingerprint density at radius 1 is 1.08 bits per heavy atom. The normalized spacial score (nSPS) is 11.5. The van der Waals surface area contributed by atoms with Crippen LogP contribution in [-0.2, 0) is 16.1 Å². The summed E-state index contributed by atoms with van der Waals surface area (Å²) in [6.07, 6.45) is 5.79. The van der Waals surface area contributed by atoms with E-state index < -0.39 is 0 Å². The molecule has 1 atom stereocenters. The zero-order chi connectivity index (χ0) is 28.4. The summed E-state index contributed by atoms with van der Waals surface area (Å²) in [5, 5.41) is 3.07. The van der Waals surface area contributed by atoms with E-state index in [1.54, 1.807) is 13.2 Å². The van der Waals surface area contributed by atoms with Crippen LogP contribution in [-0.4, -0.2) is 28.7 Å². The van der Waals surface area contributed by atoms with E-state index in [2.05, 4.69) is 47.3 Å². The van der Waals surface area contributed by atoms with E-state index in [9.17, 15) is 4.79 Å². The van der Waals surface area contributed by atoms with Gasteiger partial charge in [0.1, 0.15) is 11.6 Å². The number of methoxy groups -OCH3 is 1. The van der Waals surface area contributed by atoms with Gasteiger partial charge in [0.15, 0.2) is 0 Å². The molecule has 1 aromatic heterocycles. The zero-order valence-corrected chi connectivity index (χ0v) is 22.3. The number of hydrogen-bond donors (Lipinski definition) is 1. The monoisotopic (exact) mass is 521 g/mol. The van der Waals surface area contributed by atoms with Gasteiger partial charge in [-0.1, -0.05) is 67.8 Å². The highest BCUT2D eigenvalue weighted by Crippen LogP contribution is 2.23. The molecule has 1 heterocycles. The minimum absolute atomic E-state index is 0.138. The van der Waals surface area contributed by atoms with Crippen molar-refractivity contribution >= 4 is 28.7 Å². The lowest BCUT2D eigenvalue weighted by molar-refractivity contribution is -0.191. The third-order valence-electron chi connectivity index (χ3n) is 6.29. The van der Waals surface area contributed by atoms with E-state index in [-0.39, 0.29) is 18.1 Å². The lowest BCUT2D eigenvalue weighted by Crippen LogP contribution is -2.26. The number of amides is 1. The maximum Gasteiger partial charge on any atom is 0.373 e. The van der Waals surface area contributed by atoms with Gasteiger partial charge >= 0.3 is 6.15 Å². The van der Waals surface area contributed by atoms with Crippen LogP contribution in [0.3, 0.4) is 0 Å². The number of hydrogen-bond acceptors (Lipinski definition) is 5. The van der Waals surface area contributed by atoms with Crippen LogP contribution in [0.4, 0.5) is 0 Å². The van der Waals surface area contributed by atoms with E-state index in [0.717, 1.165) is 44.9 Å². The van der Waals surface area contributed by atoms with Crippen LogP contribution in [0.2, 0.25) is 0 Å². The molecule has 3 aromatic carbocycles. The van der Waals surface area contributed by atoms with Crippen LogP contribution < -0.4 is 10.1 Å².